The third kappa shape index (κ3) is 16.3. The smallest absolute Gasteiger partial charge is 0.144 e. The normalized spacial score (nSPS) is 11.3. The number of aromatic nitrogens is 12. The number of nitrogens with zero attached hydrogens (tertiary/aromatic N) is 15. The fourth-order valence-electron chi connectivity index (χ4n) is 9.06. The summed E-state index contributed by atoms with van der Waals surface area (Å²) in [4.78, 5) is 39.6. The Hall–Kier alpha value is -12.1. The molecule has 0 amide bonds. The molecule has 0 aliphatic rings. The lowest BCUT2D eigenvalue weighted by Crippen LogP contribution is -2.05. The highest BCUT2D eigenvalue weighted by Gasteiger charge is 2.14. The van der Waals surface area contributed by atoms with Gasteiger partial charge in [0.05, 0.1) is 96.7 Å². The number of oxime groups is 3. The van der Waals surface area contributed by atoms with Gasteiger partial charge in [0.2, 0.25) is 0 Å². The van der Waals surface area contributed by atoms with Crippen LogP contribution in [0.15, 0.2) is 180 Å². The number of hydrogen-bond acceptors (Lipinski definition) is 22. The van der Waals surface area contributed by atoms with E-state index in [2.05, 4.69) is 76.6 Å². The molecule has 9 N–H and O–H groups in total. The molecule has 0 aliphatic carbocycles. The lowest BCUT2D eigenvalue weighted by molar-refractivity contribution is 0.0760. The minimum absolute atomic E-state index is 0.254. The highest BCUT2D eigenvalue weighted by Crippen LogP contribution is 2.29. The number of rotatable bonds is 22. The van der Waals surface area contributed by atoms with Crippen molar-refractivity contribution in [1.82, 2.24) is 59.2 Å². The molecule has 0 saturated carbocycles. The first-order valence-corrected chi connectivity index (χ1v) is 28.0. The molecule has 0 spiro atoms. The van der Waals surface area contributed by atoms with Gasteiger partial charge in [-0.15, -0.1) is 0 Å². The van der Waals surface area contributed by atoms with Crippen LogP contribution in [0.3, 0.4) is 0 Å². The average Bonchev–Trinajstić information content (AvgIpc) is 1.93. The molecule has 12 aromatic rings. The van der Waals surface area contributed by atoms with Crippen LogP contribution in [0, 0.1) is 17.5 Å². The zero-order valence-corrected chi connectivity index (χ0v) is 49.3. The Morgan fingerprint density at radius 3 is 1.25 bits per heavy atom. The van der Waals surface area contributed by atoms with Crippen molar-refractivity contribution in [2.75, 3.05) is 67.2 Å². The van der Waals surface area contributed by atoms with Crippen LogP contribution in [0.2, 0.25) is 0 Å². The van der Waals surface area contributed by atoms with E-state index in [4.69, 9.17) is 36.5 Å². The molecule has 28 heteroatoms. The monoisotopic (exact) mass is 1230 g/mol. The molecule has 12 rings (SSSR count). The van der Waals surface area contributed by atoms with Crippen molar-refractivity contribution >= 4 is 103 Å². The molecule has 0 saturated heterocycles. The maximum Gasteiger partial charge on any atom is 0.144 e. The summed E-state index contributed by atoms with van der Waals surface area (Å²) in [5, 5.41) is 37.4. The van der Waals surface area contributed by atoms with Crippen LogP contribution in [0.25, 0.3) is 32.7 Å². The number of halogens is 3. The highest BCUT2D eigenvalue weighted by molar-refractivity contribution is 5.95. The quantitative estimate of drug-likeness (QED) is 0.0209. The summed E-state index contributed by atoms with van der Waals surface area (Å²) in [6.07, 6.45) is 13.9. The summed E-state index contributed by atoms with van der Waals surface area (Å²) in [6.45, 7) is 4.61. The molecule has 0 atom stereocenters. The van der Waals surface area contributed by atoms with Gasteiger partial charge in [-0.25, -0.2) is 43.1 Å². The number of benzene rings is 6. The van der Waals surface area contributed by atoms with Crippen molar-refractivity contribution in [3.8, 4) is 0 Å². The zero-order chi connectivity index (χ0) is 63.5. The summed E-state index contributed by atoms with van der Waals surface area (Å²) < 4.78 is 50.2. The van der Waals surface area contributed by atoms with Gasteiger partial charge in [-0.2, -0.15) is 15.3 Å². The van der Waals surface area contributed by atoms with E-state index in [9.17, 15) is 13.2 Å². The Labute approximate surface area is 518 Å². The van der Waals surface area contributed by atoms with Crippen LogP contribution in [0.5, 0.6) is 0 Å². The van der Waals surface area contributed by atoms with Gasteiger partial charge in [-0.1, -0.05) is 51.9 Å². The van der Waals surface area contributed by atoms with Crippen LogP contribution in [0.1, 0.15) is 40.3 Å². The minimum Gasteiger partial charge on any atom is -0.399 e. The standard InChI is InChI=1S/C22H22FN7O2.C21H20FN7O.C20H18FN7O/c1-31-7-8-32-28-12-19-21(24)25-14-26-22(19)29-18-5-6-20-16(10-18)11-27-30(20)13-15-3-2-4-17(23)9-15;1-2-30-27-11-18-20(23)24-13-25-21(18)28-17-7-8-19-15(9-17)10-26-29(19)12-14-3-5-16(22)6-4-14;1-29-26-10-17-19(22)23-12-24-20(17)27-16-6-7-18-14(8-16)9-25-28(18)11-13-2-4-15(21)5-3-13/h2-6,9-12,14H,7-8,13H2,1H3,(H3,24,25,26,29);3-11,13H,2,12H2,1H3,(H3,23,24,25,28);2-10,12H,11H2,1H3,(H3,22,23,24,27)/b28-12+;27-11+;26-10+. The number of hydrogen-bond donors (Lipinski definition) is 6. The Bertz CT molecular complexity index is 4500. The van der Waals surface area contributed by atoms with E-state index in [0.717, 1.165) is 66.5 Å². The maximum absolute atomic E-state index is 13.5. The predicted octanol–water partition coefficient (Wildman–Crippen LogP) is 10.4. The summed E-state index contributed by atoms with van der Waals surface area (Å²) >= 11 is 0. The zero-order valence-electron chi connectivity index (χ0n) is 49.3. The number of nitrogens with one attached hydrogen (secondary N) is 3. The number of fused-ring (bicyclic) bond motifs is 3. The van der Waals surface area contributed by atoms with Gasteiger partial charge < -0.3 is 52.4 Å². The van der Waals surface area contributed by atoms with Crippen molar-refractivity contribution in [3.05, 3.63) is 216 Å². The number of nitrogen functional groups attached to an aromatic ring is 3. The third-order valence-electron chi connectivity index (χ3n) is 13.5. The highest BCUT2D eigenvalue weighted by atomic mass is 19.1. The molecule has 0 unspecified atom stereocenters. The molecule has 6 aromatic carbocycles. The van der Waals surface area contributed by atoms with Crippen LogP contribution in [-0.4, -0.2) is 112 Å². The second-order valence-corrected chi connectivity index (χ2v) is 19.7. The first-order chi connectivity index (χ1) is 44.4. The minimum atomic E-state index is -0.266. The summed E-state index contributed by atoms with van der Waals surface area (Å²) in [5.74, 6) is 1.60. The number of methoxy groups -OCH3 is 1. The van der Waals surface area contributed by atoms with E-state index in [1.54, 1.807) is 56.0 Å². The number of anilines is 9. The van der Waals surface area contributed by atoms with Gasteiger partial charge in [0.15, 0.2) is 0 Å². The van der Waals surface area contributed by atoms with Gasteiger partial charge in [-0.3, -0.25) is 14.0 Å². The van der Waals surface area contributed by atoms with Gasteiger partial charge >= 0.3 is 0 Å². The number of nitrogens with two attached hydrogens (primary N) is 3. The Morgan fingerprint density at radius 2 is 0.857 bits per heavy atom. The second-order valence-electron chi connectivity index (χ2n) is 19.7. The molecule has 25 nitrogen and oxygen atoms in total. The molecule has 0 radical (unpaired) electrons. The molecule has 0 aliphatic heterocycles. The average molecular weight is 1230 g/mol. The summed E-state index contributed by atoms with van der Waals surface area (Å²) in [5.41, 5.74) is 27.5. The van der Waals surface area contributed by atoms with Gasteiger partial charge in [0.25, 0.3) is 0 Å². The van der Waals surface area contributed by atoms with Crippen LogP contribution in [-0.2, 0) is 38.9 Å². The lowest BCUT2D eigenvalue weighted by Gasteiger charge is -2.10. The maximum atomic E-state index is 13.5. The third-order valence-corrected chi connectivity index (χ3v) is 13.5. The second kappa shape index (κ2) is 30.0. The molecule has 6 heterocycles. The Balaban J connectivity index is 0.000000150. The van der Waals surface area contributed by atoms with Crippen molar-refractivity contribution in [2.24, 2.45) is 15.5 Å². The topological polar surface area (TPSA) is 319 Å². The van der Waals surface area contributed by atoms with E-state index in [1.165, 1.54) is 81.1 Å². The Morgan fingerprint density at radius 1 is 0.451 bits per heavy atom. The first kappa shape index (κ1) is 62.0. The largest absolute Gasteiger partial charge is 0.399 e. The van der Waals surface area contributed by atoms with E-state index in [-0.39, 0.29) is 29.1 Å². The van der Waals surface area contributed by atoms with Crippen molar-refractivity contribution in [1.29, 1.82) is 0 Å². The van der Waals surface area contributed by atoms with E-state index >= 15 is 0 Å². The van der Waals surface area contributed by atoms with Gasteiger partial charge in [0, 0.05) is 40.3 Å². The summed E-state index contributed by atoms with van der Waals surface area (Å²) in [6, 6.07) is 36.8. The fourth-order valence-corrected chi connectivity index (χ4v) is 9.06. The fraction of sp³-hybridized carbons (Fsp3) is 0.143. The molecule has 91 heavy (non-hydrogen) atoms. The van der Waals surface area contributed by atoms with Crippen molar-refractivity contribution in [3.63, 3.8) is 0 Å². The molecule has 0 bridgehead atoms. The van der Waals surface area contributed by atoms with Gasteiger partial charge in [0.1, 0.15) is 91.7 Å². The molecule has 462 valence electrons. The SMILES string of the molecule is CCO/N=C/c1c(N)ncnc1Nc1ccc2c(cnn2Cc2ccc(F)cc2)c1.CO/N=C/c1c(N)ncnc1Nc1ccc2c(cnn2Cc2ccc(F)cc2)c1.COCCO/N=C/c1c(N)ncnc1Nc1ccc2c(cnn2Cc2cccc(F)c2)c1. The van der Waals surface area contributed by atoms with Crippen LogP contribution < -0.4 is 33.2 Å². The van der Waals surface area contributed by atoms with Crippen molar-refractivity contribution in [2.45, 2.75) is 26.6 Å². The first-order valence-electron chi connectivity index (χ1n) is 28.0. The van der Waals surface area contributed by atoms with Crippen LogP contribution >= 0.6 is 0 Å². The van der Waals surface area contributed by atoms with E-state index < -0.39 is 0 Å². The predicted molar refractivity (Wildman–Crippen MR) is 344 cm³/mol. The summed E-state index contributed by atoms with van der Waals surface area (Å²) in [7, 11) is 3.03. The number of ether oxygens (including phenoxy) is 1. The van der Waals surface area contributed by atoms with E-state index in [0.29, 0.717) is 79.4 Å². The molecule has 6 aromatic heterocycles. The molecule has 0 fully saturated rings. The molecular formula is C63H60F3N21O4. The van der Waals surface area contributed by atoms with Crippen LogP contribution in [0.4, 0.5) is 65.1 Å². The molecular weight excluding hydrogens is 1170 g/mol. The van der Waals surface area contributed by atoms with E-state index in [1.807, 2.05) is 81.6 Å². The van der Waals surface area contributed by atoms with Gasteiger partial charge in [-0.05, 0) is 115 Å². The lowest BCUT2D eigenvalue weighted by atomic mass is 10.2. The Kier molecular flexibility index (Phi) is 20.5. The van der Waals surface area contributed by atoms with Crippen molar-refractivity contribution < 1.29 is 32.4 Å².